The van der Waals surface area contributed by atoms with Crippen molar-refractivity contribution in [3.05, 3.63) is 90.0 Å². The molecule has 0 unspecified atom stereocenters. The maximum atomic E-state index is 13.5. The van der Waals surface area contributed by atoms with Crippen molar-refractivity contribution < 1.29 is 20.8 Å². The molecule has 1 N–H and O–H groups in total. The standard InChI is InChI=1S/C29H33NO4/c1-22(2)30(29(33)25-18-16-24(17-19-25)23-11-5-3-6-12-23)21-26-13-8-9-14-27(26)34-20-10-4-7-15-28(31)32/h3,5-6,8-9,11-14,16-19,22H,4,7,10,15,20-21H2,1-2H3,(H,31,32)/i22D. The molecular formula is C29H33NO4. The van der Waals surface area contributed by atoms with Crippen LogP contribution < -0.4 is 4.74 Å². The van der Waals surface area contributed by atoms with Crippen LogP contribution in [0.5, 0.6) is 5.75 Å². The molecule has 0 fully saturated rings. The number of amides is 1. The summed E-state index contributed by atoms with van der Waals surface area (Å²) in [6.45, 7) is 4.12. The molecule has 0 saturated carbocycles. The average molecular weight is 461 g/mol. The number of benzene rings is 3. The minimum absolute atomic E-state index is 0.165. The van der Waals surface area contributed by atoms with Crippen molar-refractivity contribution in [2.24, 2.45) is 0 Å². The van der Waals surface area contributed by atoms with Crippen molar-refractivity contribution in [3.63, 3.8) is 0 Å². The van der Waals surface area contributed by atoms with Gasteiger partial charge in [0.05, 0.1) is 7.98 Å². The molecule has 1 amide bonds. The second-order valence-corrected chi connectivity index (χ2v) is 8.44. The van der Waals surface area contributed by atoms with Crippen LogP contribution in [0.2, 0.25) is 0 Å². The van der Waals surface area contributed by atoms with Crippen LogP contribution in [0.25, 0.3) is 11.1 Å². The molecule has 0 radical (unpaired) electrons. The van der Waals surface area contributed by atoms with E-state index < -0.39 is 12.0 Å². The van der Waals surface area contributed by atoms with Gasteiger partial charge < -0.3 is 14.7 Å². The zero-order chi connectivity index (χ0) is 25.3. The number of unbranched alkanes of at least 4 members (excludes halogenated alkanes) is 2. The maximum absolute atomic E-state index is 13.5. The quantitative estimate of drug-likeness (QED) is 0.316. The van der Waals surface area contributed by atoms with Gasteiger partial charge in [0.2, 0.25) is 0 Å². The molecule has 0 aromatic heterocycles. The van der Waals surface area contributed by atoms with Crippen molar-refractivity contribution in [2.45, 2.75) is 52.1 Å². The maximum Gasteiger partial charge on any atom is 0.303 e. The molecule has 0 heterocycles. The van der Waals surface area contributed by atoms with Crippen LogP contribution >= 0.6 is 0 Å². The molecular weight excluding hydrogens is 426 g/mol. The summed E-state index contributed by atoms with van der Waals surface area (Å²) in [5, 5.41) is 8.75. The molecule has 34 heavy (non-hydrogen) atoms. The van der Waals surface area contributed by atoms with E-state index in [0.29, 0.717) is 24.3 Å². The Morgan fingerprint density at radius 2 is 1.53 bits per heavy atom. The highest BCUT2D eigenvalue weighted by Crippen LogP contribution is 2.24. The lowest BCUT2D eigenvalue weighted by molar-refractivity contribution is -0.137. The van der Waals surface area contributed by atoms with Gasteiger partial charge in [-0.25, -0.2) is 0 Å². The van der Waals surface area contributed by atoms with E-state index in [-0.39, 0.29) is 18.9 Å². The van der Waals surface area contributed by atoms with E-state index in [9.17, 15) is 9.59 Å². The third-order valence-electron chi connectivity index (χ3n) is 5.62. The van der Waals surface area contributed by atoms with Crippen molar-refractivity contribution in [2.75, 3.05) is 6.61 Å². The fourth-order valence-corrected chi connectivity index (χ4v) is 3.71. The summed E-state index contributed by atoms with van der Waals surface area (Å²) in [4.78, 5) is 25.6. The first kappa shape index (κ1) is 23.6. The van der Waals surface area contributed by atoms with Gasteiger partial charge in [-0.15, -0.1) is 0 Å². The number of ether oxygens (including phenoxy) is 1. The molecule has 0 aliphatic rings. The zero-order valence-corrected chi connectivity index (χ0v) is 19.9. The van der Waals surface area contributed by atoms with Crippen LogP contribution in [-0.2, 0) is 11.3 Å². The molecule has 0 bridgehead atoms. The van der Waals surface area contributed by atoms with Crippen molar-refractivity contribution in [3.8, 4) is 16.9 Å². The predicted octanol–water partition coefficient (Wildman–Crippen LogP) is 6.43. The van der Waals surface area contributed by atoms with Gasteiger partial charge >= 0.3 is 5.97 Å². The van der Waals surface area contributed by atoms with Crippen LogP contribution in [0.15, 0.2) is 78.9 Å². The van der Waals surface area contributed by atoms with E-state index >= 15 is 0 Å². The van der Waals surface area contributed by atoms with Gasteiger partial charge in [-0.05, 0) is 62.4 Å². The summed E-state index contributed by atoms with van der Waals surface area (Å²) in [7, 11) is 0. The topological polar surface area (TPSA) is 66.8 Å². The number of nitrogens with zero attached hydrogens (tertiary/aromatic N) is 1. The van der Waals surface area contributed by atoms with Crippen molar-refractivity contribution >= 4 is 11.9 Å². The van der Waals surface area contributed by atoms with E-state index in [1.165, 1.54) is 0 Å². The predicted molar refractivity (Wildman–Crippen MR) is 135 cm³/mol. The molecule has 0 atom stereocenters. The number of carbonyl (C=O) groups is 2. The highest BCUT2D eigenvalue weighted by Gasteiger charge is 2.20. The van der Waals surface area contributed by atoms with Crippen LogP contribution in [0.1, 0.15) is 56.8 Å². The van der Waals surface area contributed by atoms with Crippen LogP contribution in [0, 0.1) is 0 Å². The molecule has 0 aliphatic heterocycles. The lowest BCUT2D eigenvalue weighted by Crippen LogP contribution is -2.36. The molecule has 0 aliphatic carbocycles. The number of hydrogen-bond donors (Lipinski definition) is 1. The Morgan fingerprint density at radius 3 is 2.21 bits per heavy atom. The molecule has 3 aromatic rings. The Labute approximate surface area is 203 Å². The summed E-state index contributed by atoms with van der Waals surface area (Å²) in [6, 6.07) is 23.9. The fraction of sp³-hybridized carbons (Fsp3) is 0.310. The number of aliphatic carboxylic acids is 1. The number of carboxylic acids is 1. The Kier molecular flexibility index (Phi) is 8.72. The number of para-hydroxylation sites is 1. The summed E-state index contributed by atoms with van der Waals surface area (Å²) in [5.41, 5.74) is 3.47. The van der Waals surface area contributed by atoms with Gasteiger partial charge in [-0.2, -0.15) is 0 Å². The lowest BCUT2D eigenvalue weighted by atomic mass is 10.0. The van der Waals surface area contributed by atoms with Gasteiger partial charge in [-0.1, -0.05) is 60.7 Å². The SMILES string of the molecule is [2H]C(C)(C)N(Cc1ccccc1OCCCCCC(=O)O)C(=O)c1ccc(-c2ccccc2)cc1. The number of rotatable bonds is 12. The fourth-order valence-electron chi connectivity index (χ4n) is 3.71. The first-order chi connectivity index (χ1) is 16.8. The van der Waals surface area contributed by atoms with E-state index in [1.807, 2.05) is 78.9 Å². The minimum Gasteiger partial charge on any atom is -0.493 e. The van der Waals surface area contributed by atoms with Gasteiger partial charge in [0.1, 0.15) is 5.75 Å². The Hall–Kier alpha value is -3.60. The molecule has 178 valence electrons. The second-order valence-electron chi connectivity index (χ2n) is 8.44. The number of carboxylic acid groups (broad SMARTS) is 1. The van der Waals surface area contributed by atoms with Gasteiger partial charge in [-0.3, -0.25) is 9.59 Å². The highest BCUT2D eigenvalue weighted by molar-refractivity contribution is 5.95. The van der Waals surface area contributed by atoms with E-state index in [2.05, 4.69) is 0 Å². The largest absolute Gasteiger partial charge is 0.493 e. The minimum atomic E-state index is -1.14. The zero-order valence-electron chi connectivity index (χ0n) is 20.9. The first-order valence-electron chi connectivity index (χ1n) is 12.2. The Bertz CT molecular complexity index is 1110. The monoisotopic (exact) mass is 460 g/mol. The Balaban J connectivity index is 1.70. The smallest absolute Gasteiger partial charge is 0.303 e. The van der Waals surface area contributed by atoms with Gasteiger partial charge in [0.25, 0.3) is 5.91 Å². The average Bonchev–Trinajstić information content (AvgIpc) is 2.84. The molecule has 0 saturated heterocycles. The van der Waals surface area contributed by atoms with E-state index in [4.69, 9.17) is 11.2 Å². The summed E-state index contributed by atoms with van der Waals surface area (Å²) >= 11 is 0. The summed E-state index contributed by atoms with van der Waals surface area (Å²) in [6.07, 6.45) is 2.32. The lowest BCUT2D eigenvalue weighted by Gasteiger charge is -2.28. The third kappa shape index (κ3) is 7.20. The third-order valence-corrected chi connectivity index (χ3v) is 5.62. The highest BCUT2D eigenvalue weighted by atomic mass is 16.5. The number of hydrogen-bond acceptors (Lipinski definition) is 3. The van der Waals surface area contributed by atoms with E-state index in [0.717, 1.165) is 29.5 Å². The first-order valence-corrected chi connectivity index (χ1v) is 11.7. The summed E-state index contributed by atoms with van der Waals surface area (Å²) in [5.74, 6) is -0.325. The molecule has 3 aromatic carbocycles. The van der Waals surface area contributed by atoms with Crippen molar-refractivity contribution in [1.29, 1.82) is 0 Å². The van der Waals surface area contributed by atoms with Crippen molar-refractivity contribution in [1.82, 2.24) is 4.90 Å². The molecule has 5 heteroatoms. The van der Waals surface area contributed by atoms with Crippen LogP contribution in [0.3, 0.4) is 0 Å². The van der Waals surface area contributed by atoms with Crippen LogP contribution in [-0.4, -0.2) is 34.5 Å². The van der Waals surface area contributed by atoms with Crippen LogP contribution in [0.4, 0.5) is 0 Å². The second kappa shape index (κ2) is 12.6. The van der Waals surface area contributed by atoms with Gasteiger partial charge in [0, 0.05) is 30.1 Å². The normalized spacial score (nSPS) is 11.5. The van der Waals surface area contributed by atoms with E-state index in [1.54, 1.807) is 18.7 Å². The van der Waals surface area contributed by atoms with Gasteiger partial charge in [0.15, 0.2) is 0 Å². The summed E-state index contributed by atoms with van der Waals surface area (Å²) < 4.78 is 14.6. The molecule has 0 spiro atoms. The number of carbonyl (C=O) groups excluding carboxylic acids is 1. The molecule has 3 rings (SSSR count). The Morgan fingerprint density at radius 1 is 0.882 bits per heavy atom. The molecule has 5 nitrogen and oxygen atoms in total.